The molecule has 1 aromatic heterocycles. The Morgan fingerprint density at radius 3 is 2.52 bits per heavy atom. The number of amides is 2. The molecule has 180 valence electrons. The summed E-state index contributed by atoms with van der Waals surface area (Å²) in [6.07, 6.45) is -2.39. The molecule has 1 aliphatic rings. The van der Waals surface area contributed by atoms with E-state index in [2.05, 4.69) is 15.6 Å². The minimum Gasteiger partial charge on any atom is -0.494 e. The highest BCUT2D eigenvalue weighted by molar-refractivity contribution is 5.74. The number of urea groups is 1. The average Bonchev–Trinajstić information content (AvgIpc) is 2.80. The van der Waals surface area contributed by atoms with Crippen LogP contribution in [0.3, 0.4) is 0 Å². The van der Waals surface area contributed by atoms with E-state index in [4.69, 9.17) is 4.74 Å². The van der Waals surface area contributed by atoms with E-state index in [1.807, 2.05) is 0 Å². The zero-order valence-corrected chi connectivity index (χ0v) is 18.2. The molecule has 2 heterocycles. The van der Waals surface area contributed by atoms with E-state index in [9.17, 15) is 22.4 Å². The molecular weight excluding hydrogens is 440 g/mol. The van der Waals surface area contributed by atoms with Crippen molar-refractivity contribution in [3.05, 3.63) is 59.7 Å². The first-order valence-corrected chi connectivity index (χ1v) is 10.9. The summed E-state index contributed by atoms with van der Waals surface area (Å²) in [5.41, 5.74) is 1.44. The molecule has 1 aliphatic heterocycles. The molecule has 2 amide bonds. The van der Waals surface area contributed by atoms with E-state index in [1.54, 1.807) is 35.2 Å². The van der Waals surface area contributed by atoms with Crippen LogP contribution >= 0.6 is 0 Å². The summed E-state index contributed by atoms with van der Waals surface area (Å²) < 4.78 is 55.1. The Balaban J connectivity index is 1.52. The van der Waals surface area contributed by atoms with Crippen LogP contribution in [0.5, 0.6) is 5.75 Å². The number of rotatable bonds is 9. The SMILES string of the molecule is O=C(NCc1ccc(OCCCC(F)(F)F)cc1)N(Cc1ccc(F)cn1)C1CCNCC1. The molecule has 0 aliphatic carbocycles. The number of halogens is 4. The number of nitrogens with zero attached hydrogens (tertiary/aromatic N) is 2. The molecular formula is C23H28F4N4O2. The number of nitrogens with one attached hydrogen (secondary N) is 2. The second-order valence-electron chi connectivity index (χ2n) is 7.95. The van der Waals surface area contributed by atoms with Gasteiger partial charge >= 0.3 is 12.2 Å². The average molecular weight is 468 g/mol. The number of pyridine rings is 1. The van der Waals surface area contributed by atoms with Crippen molar-refractivity contribution in [2.75, 3.05) is 19.7 Å². The monoisotopic (exact) mass is 468 g/mol. The van der Waals surface area contributed by atoms with Crippen LogP contribution in [0.15, 0.2) is 42.6 Å². The Kier molecular flexibility index (Phi) is 8.87. The van der Waals surface area contributed by atoms with Gasteiger partial charge in [-0.3, -0.25) is 4.98 Å². The number of carbonyl (C=O) groups is 1. The number of carbonyl (C=O) groups excluding carboxylic acids is 1. The van der Waals surface area contributed by atoms with Crippen molar-refractivity contribution in [2.24, 2.45) is 0 Å². The molecule has 1 saturated heterocycles. The number of alkyl halides is 3. The molecule has 0 atom stereocenters. The van der Waals surface area contributed by atoms with Crippen molar-refractivity contribution in [3.63, 3.8) is 0 Å². The van der Waals surface area contributed by atoms with Crippen molar-refractivity contribution >= 4 is 6.03 Å². The first kappa shape index (κ1) is 24.8. The van der Waals surface area contributed by atoms with Crippen LogP contribution in [-0.4, -0.2) is 47.8 Å². The zero-order valence-electron chi connectivity index (χ0n) is 18.2. The van der Waals surface area contributed by atoms with Gasteiger partial charge in [0.1, 0.15) is 11.6 Å². The lowest BCUT2D eigenvalue weighted by Crippen LogP contribution is -2.49. The van der Waals surface area contributed by atoms with Gasteiger partial charge in [0, 0.05) is 19.0 Å². The van der Waals surface area contributed by atoms with E-state index in [0.29, 0.717) is 11.4 Å². The standard InChI is InChI=1S/C23H28F4N4O2/c24-18-4-5-19(29-15-18)16-31(20-8-11-28-12-9-20)22(32)30-14-17-2-6-21(7-3-17)33-13-1-10-23(25,26)27/h2-7,15,20,28H,1,8-14,16H2,(H,30,32). The number of benzene rings is 1. The summed E-state index contributed by atoms with van der Waals surface area (Å²) in [5.74, 6) is 0.0513. The Bertz CT molecular complexity index is 870. The highest BCUT2D eigenvalue weighted by Crippen LogP contribution is 2.22. The highest BCUT2D eigenvalue weighted by Gasteiger charge is 2.27. The first-order chi connectivity index (χ1) is 15.8. The molecule has 0 spiro atoms. The van der Waals surface area contributed by atoms with E-state index in [0.717, 1.165) is 37.7 Å². The van der Waals surface area contributed by atoms with Gasteiger partial charge in [0.2, 0.25) is 0 Å². The second kappa shape index (κ2) is 11.8. The topological polar surface area (TPSA) is 66.5 Å². The number of hydrogen-bond acceptors (Lipinski definition) is 4. The molecule has 33 heavy (non-hydrogen) atoms. The third kappa shape index (κ3) is 8.53. The van der Waals surface area contributed by atoms with Crippen molar-refractivity contribution in [1.82, 2.24) is 20.5 Å². The summed E-state index contributed by atoms with van der Waals surface area (Å²) in [4.78, 5) is 18.8. The molecule has 0 radical (unpaired) electrons. The highest BCUT2D eigenvalue weighted by atomic mass is 19.4. The summed E-state index contributed by atoms with van der Waals surface area (Å²) in [7, 11) is 0. The fraction of sp³-hybridized carbons (Fsp3) is 0.478. The Morgan fingerprint density at radius 1 is 1.15 bits per heavy atom. The van der Waals surface area contributed by atoms with Gasteiger partial charge in [0.15, 0.2) is 0 Å². The second-order valence-corrected chi connectivity index (χ2v) is 7.95. The zero-order chi connectivity index (χ0) is 23.7. The van der Waals surface area contributed by atoms with Gasteiger partial charge in [-0.1, -0.05) is 12.1 Å². The molecule has 0 unspecified atom stereocenters. The Morgan fingerprint density at radius 2 is 1.88 bits per heavy atom. The van der Waals surface area contributed by atoms with Crippen molar-refractivity contribution in [3.8, 4) is 5.75 Å². The lowest BCUT2D eigenvalue weighted by Gasteiger charge is -2.34. The third-order valence-corrected chi connectivity index (χ3v) is 5.37. The number of hydrogen-bond donors (Lipinski definition) is 2. The maximum Gasteiger partial charge on any atom is 0.389 e. The molecule has 1 aromatic carbocycles. The molecule has 6 nitrogen and oxygen atoms in total. The van der Waals surface area contributed by atoms with Gasteiger partial charge < -0.3 is 20.3 Å². The van der Waals surface area contributed by atoms with Crippen molar-refractivity contribution in [2.45, 2.75) is 51.0 Å². The fourth-order valence-electron chi connectivity index (χ4n) is 3.60. The minimum atomic E-state index is -4.18. The predicted octanol–water partition coefficient (Wildman–Crippen LogP) is 4.41. The Hall–Kier alpha value is -2.88. The van der Waals surface area contributed by atoms with Crippen LogP contribution in [0.25, 0.3) is 0 Å². The van der Waals surface area contributed by atoms with Crippen LogP contribution in [0.2, 0.25) is 0 Å². The fourth-order valence-corrected chi connectivity index (χ4v) is 3.60. The first-order valence-electron chi connectivity index (χ1n) is 10.9. The van der Waals surface area contributed by atoms with Crippen LogP contribution in [0.1, 0.15) is 36.9 Å². The maximum atomic E-state index is 13.2. The van der Waals surface area contributed by atoms with E-state index >= 15 is 0 Å². The molecule has 3 rings (SSSR count). The number of aromatic nitrogens is 1. The van der Waals surface area contributed by atoms with Gasteiger partial charge in [0.25, 0.3) is 0 Å². The van der Waals surface area contributed by atoms with Gasteiger partial charge in [-0.2, -0.15) is 13.2 Å². The smallest absolute Gasteiger partial charge is 0.389 e. The van der Waals surface area contributed by atoms with Gasteiger partial charge in [-0.15, -0.1) is 0 Å². The van der Waals surface area contributed by atoms with Crippen LogP contribution in [-0.2, 0) is 13.1 Å². The van der Waals surface area contributed by atoms with Crippen LogP contribution in [0, 0.1) is 5.82 Å². The van der Waals surface area contributed by atoms with E-state index in [1.165, 1.54) is 6.07 Å². The molecule has 2 N–H and O–H groups in total. The van der Waals surface area contributed by atoms with Gasteiger partial charge in [0.05, 0.1) is 25.0 Å². The maximum absolute atomic E-state index is 13.2. The predicted molar refractivity (Wildman–Crippen MR) is 115 cm³/mol. The van der Waals surface area contributed by atoms with Crippen LogP contribution in [0.4, 0.5) is 22.4 Å². The molecule has 0 bridgehead atoms. The quantitative estimate of drug-likeness (QED) is 0.423. The summed E-state index contributed by atoms with van der Waals surface area (Å²) in [6.45, 7) is 2.18. The normalized spacial score (nSPS) is 14.7. The largest absolute Gasteiger partial charge is 0.494 e. The summed E-state index contributed by atoms with van der Waals surface area (Å²) in [6, 6.07) is 9.57. The number of ether oxygens (including phenoxy) is 1. The van der Waals surface area contributed by atoms with Gasteiger partial charge in [-0.05, 0) is 62.2 Å². The summed E-state index contributed by atoms with van der Waals surface area (Å²) in [5, 5.41) is 6.19. The molecule has 1 fully saturated rings. The van der Waals surface area contributed by atoms with Crippen molar-refractivity contribution in [1.29, 1.82) is 0 Å². The molecule has 2 aromatic rings. The summed E-state index contributed by atoms with van der Waals surface area (Å²) >= 11 is 0. The lowest BCUT2D eigenvalue weighted by molar-refractivity contribution is -0.136. The third-order valence-electron chi connectivity index (χ3n) is 5.37. The molecule has 0 saturated carbocycles. The minimum absolute atomic E-state index is 0.0157. The van der Waals surface area contributed by atoms with Gasteiger partial charge in [-0.25, -0.2) is 9.18 Å². The van der Waals surface area contributed by atoms with E-state index < -0.39 is 18.4 Å². The lowest BCUT2D eigenvalue weighted by atomic mass is 10.0. The van der Waals surface area contributed by atoms with E-state index in [-0.39, 0.29) is 38.2 Å². The Labute approximate surface area is 190 Å². The van der Waals surface area contributed by atoms with Crippen LogP contribution < -0.4 is 15.4 Å². The number of piperidine rings is 1. The van der Waals surface area contributed by atoms with Crippen molar-refractivity contribution < 1.29 is 27.1 Å². The molecule has 10 heteroatoms.